The van der Waals surface area contributed by atoms with Crippen LogP contribution in [0.15, 0.2) is 36.7 Å². The smallest absolute Gasteiger partial charge is 0.257 e. The second kappa shape index (κ2) is 4.73. The minimum absolute atomic E-state index is 0.0771. The summed E-state index contributed by atoms with van der Waals surface area (Å²) in [5.74, 6) is 0.685. The van der Waals surface area contributed by atoms with E-state index in [1.54, 1.807) is 7.11 Å². The lowest BCUT2D eigenvalue weighted by atomic mass is 10.1. The predicted octanol–water partition coefficient (Wildman–Crippen LogP) is 3.05. The number of ether oxygens (including phenoxy) is 1. The number of nitrogens with zero attached hydrogens (tertiary/aromatic N) is 1. The molecule has 0 saturated carbocycles. The average Bonchev–Trinajstić information content (AvgIpc) is 2.96. The Labute approximate surface area is 124 Å². The van der Waals surface area contributed by atoms with Gasteiger partial charge in [-0.15, -0.1) is 0 Å². The number of methoxy groups -OCH3 is 1. The summed E-state index contributed by atoms with van der Waals surface area (Å²) in [6.45, 7) is 0. The van der Waals surface area contributed by atoms with Gasteiger partial charge >= 0.3 is 0 Å². The molecule has 1 N–H and O–H groups in total. The Kier molecular flexibility index (Phi) is 3.06. The van der Waals surface area contributed by atoms with Crippen LogP contribution in [0.3, 0.4) is 0 Å². The van der Waals surface area contributed by atoms with E-state index in [9.17, 15) is 4.79 Å². The van der Waals surface area contributed by atoms with Crippen LogP contribution < -0.4 is 10.1 Å². The van der Waals surface area contributed by atoms with Gasteiger partial charge in [-0.25, -0.2) is 0 Å². The minimum atomic E-state index is -0.0771. The number of hydrogen-bond donors (Lipinski definition) is 1. The van der Waals surface area contributed by atoms with E-state index in [2.05, 4.69) is 27.9 Å². The van der Waals surface area contributed by atoms with Gasteiger partial charge in [0.1, 0.15) is 5.75 Å². The number of benzene rings is 1. The van der Waals surface area contributed by atoms with Gasteiger partial charge in [-0.2, -0.15) is 0 Å². The summed E-state index contributed by atoms with van der Waals surface area (Å²) >= 11 is 2.24. The van der Waals surface area contributed by atoms with Crippen LogP contribution >= 0.6 is 22.6 Å². The van der Waals surface area contributed by atoms with E-state index < -0.39 is 0 Å². The van der Waals surface area contributed by atoms with Gasteiger partial charge < -0.3 is 14.6 Å². The van der Waals surface area contributed by atoms with Gasteiger partial charge in [0.2, 0.25) is 0 Å². The third kappa shape index (κ3) is 2.14. The van der Waals surface area contributed by atoms with Crippen LogP contribution in [0.5, 0.6) is 5.75 Å². The molecular formula is C14H11IN2O2. The number of hydrogen-bond acceptors (Lipinski definition) is 2. The molecular weight excluding hydrogens is 355 g/mol. The molecule has 1 aliphatic heterocycles. The number of rotatable bonds is 2. The Morgan fingerprint density at radius 3 is 2.95 bits per heavy atom. The maximum atomic E-state index is 12.0. The molecule has 0 radical (unpaired) electrons. The zero-order valence-electron chi connectivity index (χ0n) is 10.2. The van der Waals surface area contributed by atoms with Crippen molar-refractivity contribution in [3.8, 4) is 5.75 Å². The highest BCUT2D eigenvalue weighted by atomic mass is 127. The minimum Gasteiger partial charge on any atom is -0.495 e. The van der Waals surface area contributed by atoms with Crippen molar-refractivity contribution in [1.29, 1.82) is 0 Å². The van der Waals surface area contributed by atoms with Crippen LogP contribution in [0.2, 0.25) is 0 Å². The van der Waals surface area contributed by atoms with E-state index in [-0.39, 0.29) is 5.91 Å². The second-order valence-corrected chi connectivity index (χ2v) is 5.32. The molecule has 1 amide bonds. The van der Waals surface area contributed by atoms with E-state index in [1.165, 1.54) is 0 Å². The fraction of sp³-hybridized carbons (Fsp3) is 0.0714. The number of nitrogens with one attached hydrogen (secondary N) is 1. The Bertz CT molecular complexity index is 689. The molecule has 3 rings (SSSR count). The van der Waals surface area contributed by atoms with E-state index in [0.717, 1.165) is 20.6 Å². The number of carbonyl (C=O) groups excluding carboxylic acids is 1. The molecule has 2 aromatic rings. The molecule has 1 aromatic carbocycles. The van der Waals surface area contributed by atoms with Gasteiger partial charge in [0.25, 0.3) is 5.91 Å². The summed E-state index contributed by atoms with van der Waals surface area (Å²) < 4.78 is 8.01. The van der Waals surface area contributed by atoms with Gasteiger partial charge in [0.05, 0.1) is 24.6 Å². The topological polar surface area (TPSA) is 43.3 Å². The third-order valence-corrected chi connectivity index (χ3v) is 3.88. The zero-order valence-corrected chi connectivity index (χ0v) is 12.3. The monoisotopic (exact) mass is 366 g/mol. The first-order valence-corrected chi connectivity index (χ1v) is 6.80. The molecule has 0 unspecified atom stereocenters. The maximum Gasteiger partial charge on any atom is 0.257 e. The fourth-order valence-corrected chi connectivity index (χ4v) is 2.86. The molecule has 0 bridgehead atoms. The van der Waals surface area contributed by atoms with Gasteiger partial charge in [-0.05, 0) is 40.8 Å². The summed E-state index contributed by atoms with van der Waals surface area (Å²) in [7, 11) is 1.62. The molecule has 96 valence electrons. The summed E-state index contributed by atoms with van der Waals surface area (Å²) in [6, 6.07) is 7.68. The highest BCUT2D eigenvalue weighted by molar-refractivity contribution is 14.1. The van der Waals surface area contributed by atoms with Crippen molar-refractivity contribution in [2.75, 3.05) is 12.4 Å². The van der Waals surface area contributed by atoms with Crippen LogP contribution in [0.1, 0.15) is 5.56 Å². The first-order chi connectivity index (χ1) is 9.19. The first kappa shape index (κ1) is 12.3. The van der Waals surface area contributed by atoms with Gasteiger partial charge in [-0.1, -0.05) is 6.07 Å². The Hall–Kier alpha value is -1.76. The number of amides is 1. The number of aromatic nitrogens is 1. The molecule has 0 saturated heterocycles. The van der Waals surface area contributed by atoms with Crippen molar-refractivity contribution in [3.05, 3.63) is 45.8 Å². The number of halogens is 1. The van der Waals surface area contributed by atoms with Crippen molar-refractivity contribution in [3.63, 3.8) is 0 Å². The van der Waals surface area contributed by atoms with E-state index in [4.69, 9.17) is 4.74 Å². The third-order valence-electron chi connectivity index (χ3n) is 2.98. The van der Waals surface area contributed by atoms with Crippen molar-refractivity contribution < 1.29 is 9.53 Å². The summed E-state index contributed by atoms with van der Waals surface area (Å²) in [4.78, 5) is 12.0. The van der Waals surface area contributed by atoms with Crippen molar-refractivity contribution >= 4 is 46.0 Å². The molecule has 1 aromatic heterocycles. The molecule has 0 atom stereocenters. The lowest BCUT2D eigenvalue weighted by Crippen LogP contribution is -2.04. The highest BCUT2D eigenvalue weighted by Gasteiger charge is 2.26. The van der Waals surface area contributed by atoms with E-state index >= 15 is 0 Å². The van der Waals surface area contributed by atoms with Gasteiger partial charge in [0, 0.05) is 21.5 Å². The largest absolute Gasteiger partial charge is 0.495 e. The average molecular weight is 366 g/mol. The zero-order chi connectivity index (χ0) is 13.4. The molecule has 1 aliphatic rings. The van der Waals surface area contributed by atoms with E-state index in [1.807, 2.05) is 47.4 Å². The molecule has 0 spiro atoms. The maximum absolute atomic E-state index is 12.0. The lowest BCUT2D eigenvalue weighted by molar-refractivity contribution is -0.110. The fourth-order valence-electron chi connectivity index (χ4n) is 2.07. The van der Waals surface area contributed by atoms with Crippen LogP contribution in [0, 0.1) is 3.57 Å². The molecule has 19 heavy (non-hydrogen) atoms. The molecule has 0 fully saturated rings. The quantitative estimate of drug-likeness (QED) is 0.656. The summed E-state index contributed by atoms with van der Waals surface area (Å²) in [5, 5.41) is 2.87. The SMILES string of the molecule is COc1ccn(C=C2C(=O)Nc3cccc(I)c32)c1. The van der Waals surface area contributed by atoms with Crippen LogP contribution in [-0.4, -0.2) is 17.6 Å². The summed E-state index contributed by atoms with van der Waals surface area (Å²) in [6.07, 6.45) is 5.49. The number of anilines is 1. The van der Waals surface area contributed by atoms with Crippen LogP contribution in [0.4, 0.5) is 5.69 Å². The normalized spacial score (nSPS) is 15.5. The molecule has 0 aliphatic carbocycles. The van der Waals surface area contributed by atoms with Crippen molar-refractivity contribution in [1.82, 2.24) is 4.57 Å². The van der Waals surface area contributed by atoms with Gasteiger partial charge in [0.15, 0.2) is 0 Å². The molecule has 2 heterocycles. The number of fused-ring (bicyclic) bond motifs is 1. The van der Waals surface area contributed by atoms with Crippen molar-refractivity contribution in [2.45, 2.75) is 0 Å². The van der Waals surface area contributed by atoms with Crippen LogP contribution in [0.25, 0.3) is 11.8 Å². The lowest BCUT2D eigenvalue weighted by Gasteiger charge is -2.01. The van der Waals surface area contributed by atoms with Crippen LogP contribution in [-0.2, 0) is 4.79 Å². The standard InChI is InChI=1S/C14H11IN2O2/c1-19-9-5-6-17(7-9)8-10-13-11(15)3-2-4-12(13)16-14(10)18/h2-8H,1H3,(H,16,18). The Morgan fingerprint density at radius 1 is 1.37 bits per heavy atom. The first-order valence-electron chi connectivity index (χ1n) is 5.72. The molecule has 4 nitrogen and oxygen atoms in total. The Balaban J connectivity index is 2.09. The summed E-state index contributed by atoms with van der Waals surface area (Å²) in [5.41, 5.74) is 2.49. The number of carbonyl (C=O) groups is 1. The van der Waals surface area contributed by atoms with Gasteiger partial charge in [-0.3, -0.25) is 4.79 Å². The predicted molar refractivity (Wildman–Crippen MR) is 82.9 cm³/mol. The molecule has 5 heteroatoms. The Morgan fingerprint density at radius 2 is 2.21 bits per heavy atom. The van der Waals surface area contributed by atoms with Crippen molar-refractivity contribution in [2.24, 2.45) is 0 Å². The highest BCUT2D eigenvalue weighted by Crippen LogP contribution is 2.35. The van der Waals surface area contributed by atoms with E-state index in [0.29, 0.717) is 5.57 Å². The second-order valence-electron chi connectivity index (χ2n) is 4.16.